The molecule has 6 nitrogen and oxygen atoms in total. The topological polar surface area (TPSA) is 77.3 Å². The molecule has 300 valence electrons. The van der Waals surface area contributed by atoms with E-state index in [-0.39, 0.29) is 17.5 Å². The summed E-state index contributed by atoms with van der Waals surface area (Å²) in [6, 6.07) is 9.56. The smallest absolute Gasteiger partial charge is 0.139 e. The molecule has 0 spiro atoms. The SMILES string of the molecule is CCCCCCCSc1cc2nc3c4nc5cc(F)c(SCCCCCCC)cc5nc4c4nc5cc(F)c(SCCCCCCC)cc5nc4c3nc2cc1F. The lowest BCUT2D eigenvalue weighted by molar-refractivity contribution is 0.603. The number of hydrogen-bond donors (Lipinski definition) is 0. The van der Waals surface area contributed by atoms with E-state index in [1.807, 2.05) is 0 Å². The van der Waals surface area contributed by atoms with Crippen LogP contribution in [0.3, 0.4) is 0 Å². The normalized spacial score (nSPS) is 12.1. The first-order valence-corrected chi connectivity index (χ1v) is 23.8. The highest BCUT2D eigenvalue weighted by Crippen LogP contribution is 2.37. The Bertz CT molecular complexity index is 2210. The van der Waals surface area contributed by atoms with Crippen LogP contribution >= 0.6 is 35.3 Å². The third-order valence-corrected chi connectivity index (χ3v) is 13.7. The summed E-state index contributed by atoms with van der Waals surface area (Å²) in [6.07, 6.45) is 17.1. The van der Waals surface area contributed by atoms with Crippen LogP contribution in [0.4, 0.5) is 13.2 Å². The summed E-state index contributed by atoms with van der Waals surface area (Å²) in [6.45, 7) is 6.58. The Balaban J connectivity index is 1.34. The van der Waals surface area contributed by atoms with Crippen molar-refractivity contribution in [1.29, 1.82) is 0 Å². The molecule has 0 saturated heterocycles. The van der Waals surface area contributed by atoms with E-state index in [0.29, 0.717) is 80.9 Å². The number of hydrogen-bond acceptors (Lipinski definition) is 9. The maximum absolute atomic E-state index is 15.6. The third kappa shape index (κ3) is 9.87. The molecule has 0 aliphatic carbocycles. The summed E-state index contributed by atoms with van der Waals surface area (Å²) in [4.78, 5) is 31.6. The lowest BCUT2D eigenvalue weighted by Crippen LogP contribution is -2.00. The highest BCUT2D eigenvalue weighted by atomic mass is 32.2. The van der Waals surface area contributed by atoms with Crippen molar-refractivity contribution < 1.29 is 13.2 Å². The third-order valence-electron chi connectivity index (χ3n) is 10.3. The van der Waals surface area contributed by atoms with Crippen LogP contribution in [0.1, 0.15) is 117 Å². The maximum Gasteiger partial charge on any atom is 0.139 e. The van der Waals surface area contributed by atoms with E-state index in [0.717, 1.165) is 55.8 Å². The summed E-state index contributed by atoms with van der Waals surface area (Å²) in [7, 11) is 0. The zero-order valence-corrected chi connectivity index (χ0v) is 35.7. The number of unbranched alkanes of at least 4 members (excludes halogenated alkanes) is 12. The van der Waals surface area contributed by atoms with Gasteiger partial charge in [0.1, 0.15) is 50.6 Å². The monoisotopic (exact) mass is 828 g/mol. The first-order chi connectivity index (χ1) is 27.9. The highest BCUT2D eigenvalue weighted by Gasteiger charge is 2.21. The van der Waals surface area contributed by atoms with E-state index in [1.54, 1.807) is 18.2 Å². The van der Waals surface area contributed by atoms with Gasteiger partial charge in [0, 0.05) is 32.9 Å². The fourth-order valence-corrected chi connectivity index (χ4v) is 10.0. The van der Waals surface area contributed by atoms with Crippen molar-refractivity contribution >= 4 is 101 Å². The van der Waals surface area contributed by atoms with E-state index in [9.17, 15) is 0 Å². The van der Waals surface area contributed by atoms with Crippen LogP contribution in [-0.4, -0.2) is 47.2 Å². The second-order valence-electron chi connectivity index (χ2n) is 14.9. The number of benzene rings is 4. The summed E-state index contributed by atoms with van der Waals surface area (Å²) in [5, 5.41) is 0. The average Bonchev–Trinajstić information content (AvgIpc) is 3.20. The van der Waals surface area contributed by atoms with Gasteiger partial charge in [-0.25, -0.2) is 43.1 Å². The van der Waals surface area contributed by atoms with Crippen molar-refractivity contribution in [3.05, 3.63) is 53.8 Å². The van der Waals surface area contributed by atoms with E-state index in [1.165, 1.54) is 111 Å². The molecule has 57 heavy (non-hydrogen) atoms. The quantitative estimate of drug-likeness (QED) is 0.0304. The van der Waals surface area contributed by atoms with Gasteiger partial charge in [-0.1, -0.05) is 97.8 Å². The standard InChI is InChI=1S/C45H51F3N6S3/c1-4-7-10-13-16-19-55-37-25-34-31(22-28(37)46)49-40-43(52-34)41-45(54-35-26-38(29(47)23-32(35)50-41)56-20-17-14-11-8-5-2)42-44(40)53-36-27-39(30(48)24-33(36)51-42)57-21-18-15-12-9-6-3/h22-27H,4-21H2,1-3H3. The maximum atomic E-state index is 15.6. The fraction of sp³-hybridized carbons (Fsp3) is 0.467. The van der Waals surface area contributed by atoms with E-state index >= 15 is 13.2 Å². The van der Waals surface area contributed by atoms with E-state index in [2.05, 4.69) is 20.8 Å². The molecule has 0 saturated carbocycles. The Morgan fingerprint density at radius 1 is 0.333 bits per heavy atom. The van der Waals surface area contributed by atoms with Crippen molar-refractivity contribution in [2.75, 3.05) is 17.3 Å². The van der Waals surface area contributed by atoms with Gasteiger partial charge in [-0.15, -0.1) is 35.3 Å². The first kappa shape index (κ1) is 41.7. The molecule has 0 unspecified atom stereocenters. The summed E-state index contributed by atoms with van der Waals surface area (Å²) >= 11 is 4.47. The fourth-order valence-electron chi connectivity index (χ4n) is 7.16. The van der Waals surface area contributed by atoms with Gasteiger partial charge in [0.25, 0.3) is 0 Å². The Hall–Kier alpha value is -3.48. The van der Waals surface area contributed by atoms with E-state index in [4.69, 9.17) is 29.9 Å². The van der Waals surface area contributed by atoms with Crippen LogP contribution in [0, 0.1) is 17.5 Å². The van der Waals surface area contributed by atoms with Crippen molar-refractivity contribution in [2.45, 2.75) is 132 Å². The molecule has 0 bridgehead atoms. The Labute approximate surface area is 345 Å². The van der Waals surface area contributed by atoms with Gasteiger partial charge in [0.15, 0.2) is 0 Å². The molecule has 4 aromatic carbocycles. The van der Waals surface area contributed by atoms with Crippen LogP contribution in [-0.2, 0) is 0 Å². The van der Waals surface area contributed by atoms with E-state index < -0.39 is 0 Å². The van der Waals surface area contributed by atoms with Crippen molar-refractivity contribution in [1.82, 2.24) is 29.9 Å². The van der Waals surface area contributed by atoms with Crippen LogP contribution < -0.4 is 0 Å². The van der Waals surface area contributed by atoms with Gasteiger partial charge in [-0.3, -0.25) is 0 Å². The predicted octanol–water partition coefficient (Wildman–Crippen LogP) is 14.6. The Morgan fingerprint density at radius 2 is 0.561 bits per heavy atom. The minimum absolute atomic E-state index is 0.348. The van der Waals surface area contributed by atoms with Crippen molar-refractivity contribution in [3.63, 3.8) is 0 Å². The number of thioether (sulfide) groups is 3. The van der Waals surface area contributed by atoms with Gasteiger partial charge < -0.3 is 0 Å². The molecule has 0 amide bonds. The minimum atomic E-state index is -0.348. The van der Waals surface area contributed by atoms with Crippen LogP contribution in [0.25, 0.3) is 66.2 Å². The summed E-state index contributed by atoms with van der Waals surface area (Å²) < 4.78 is 46.7. The minimum Gasteiger partial charge on any atom is -0.242 e. The molecule has 0 atom stereocenters. The number of aromatic nitrogens is 6. The first-order valence-electron chi connectivity index (χ1n) is 20.8. The van der Waals surface area contributed by atoms with Gasteiger partial charge in [-0.05, 0) is 54.7 Å². The second kappa shape index (κ2) is 20.0. The molecule has 0 fully saturated rings. The number of fused-ring (bicyclic) bond motifs is 9. The molecule has 3 aromatic heterocycles. The van der Waals surface area contributed by atoms with Gasteiger partial charge in [0.05, 0.1) is 33.1 Å². The lowest BCUT2D eigenvalue weighted by Gasteiger charge is -2.12. The van der Waals surface area contributed by atoms with Gasteiger partial charge >= 0.3 is 0 Å². The van der Waals surface area contributed by atoms with Crippen LogP contribution in [0.15, 0.2) is 51.1 Å². The average molecular weight is 829 g/mol. The number of nitrogens with zero attached hydrogens (tertiary/aromatic N) is 6. The molecule has 12 heteroatoms. The predicted molar refractivity (Wildman–Crippen MR) is 237 cm³/mol. The number of halogens is 3. The Morgan fingerprint density at radius 3 is 0.807 bits per heavy atom. The Kier molecular flexibility index (Phi) is 14.6. The molecular formula is C45H51F3N6S3. The second-order valence-corrected chi connectivity index (χ2v) is 18.3. The van der Waals surface area contributed by atoms with Gasteiger partial charge in [0.2, 0.25) is 0 Å². The molecule has 7 aromatic rings. The zero-order valence-electron chi connectivity index (χ0n) is 33.2. The summed E-state index contributed by atoms with van der Waals surface area (Å²) in [5.41, 5.74) is 5.11. The molecule has 0 aliphatic rings. The van der Waals surface area contributed by atoms with Gasteiger partial charge in [-0.2, -0.15) is 0 Å². The molecule has 3 heterocycles. The molecule has 7 rings (SSSR count). The van der Waals surface area contributed by atoms with Crippen LogP contribution in [0.2, 0.25) is 0 Å². The van der Waals surface area contributed by atoms with Crippen LogP contribution in [0.5, 0.6) is 0 Å². The number of rotatable bonds is 21. The molecule has 0 aliphatic heterocycles. The molecule has 0 radical (unpaired) electrons. The van der Waals surface area contributed by atoms with Crippen molar-refractivity contribution in [3.8, 4) is 0 Å². The van der Waals surface area contributed by atoms with Crippen molar-refractivity contribution in [2.24, 2.45) is 0 Å². The zero-order chi connectivity index (χ0) is 39.7. The summed E-state index contributed by atoms with van der Waals surface area (Å²) in [5.74, 6) is 1.39. The lowest BCUT2D eigenvalue weighted by atomic mass is 10.1. The largest absolute Gasteiger partial charge is 0.242 e. The molecule has 0 N–H and O–H groups in total. The highest BCUT2D eigenvalue weighted by molar-refractivity contribution is 7.99. The molecular weight excluding hydrogens is 778 g/mol.